The van der Waals surface area contributed by atoms with Gasteiger partial charge in [-0.2, -0.15) is 0 Å². The van der Waals surface area contributed by atoms with E-state index < -0.39 is 0 Å². The topological polar surface area (TPSA) is 0 Å². The third-order valence-electron chi connectivity index (χ3n) is 1.66. The molecule has 0 bridgehead atoms. The summed E-state index contributed by atoms with van der Waals surface area (Å²) in [6.45, 7) is 6.39. The summed E-state index contributed by atoms with van der Waals surface area (Å²) in [4.78, 5) is 0. The molecule has 0 aliphatic carbocycles. The van der Waals surface area contributed by atoms with Crippen molar-refractivity contribution < 1.29 is 32.7 Å². The van der Waals surface area contributed by atoms with Crippen LogP contribution in [0.4, 0.5) is 0 Å². The standard InChI is InChI=1S/C9H12.CH3.Y/c1-7-4-5-8(2)9(3)6-7;;/h4-6H,1-3H3;1H3;/q;-1;. The van der Waals surface area contributed by atoms with E-state index in [1.165, 1.54) is 16.7 Å². The predicted octanol–water partition coefficient (Wildman–Crippen LogP) is 3.06. The molecule has 11 heavy (non-hydrogen) atoms. The third-order valence-corrected chi connectivity index (χ3v) is 1.66. The zero-order valence-corrected chi connectivity index (χ0v) is 10.6. The van der Waals surface area contributed by atoms with E-state index >= 15 is 0 Å². The molecule has 0 fully saturated rings. The van der Waals surface area contributed by atoms with Crippen LogP contribution >= 0.6 is 0 Å². The van der Waals surface area contributed by atoms with Crippen LogP contribution in [0.2, 0.25) is 0 Å². The summed E-state index contributed by atoms with van der Waals surface area (Å²) in [6, 6.07) is 6.50. The fraction of sp³-hybridized carbons (Fsp3) is 0.300. The van der Waals surface area contributed by atoms with Gasteiger partial charge in [0.05, 0.1) is 0 Å². The molecule has 0 atom stereocenters. The van der Waals surface area contributed by atoms with Gasteiger partial charge in [0, 0.05) is 32.7 Å². The Morgan fingerprint density at radius 3 is 1.82 bits per heavy atom. The molecule has 1 rings (SSSR count). The van der Waals surface area contributed by atoms with E-state index in [0.717, 1.165) is 0 Å². The average molecular weight is 224 g/mol. The van der Waals surface area contributed by atoms with Crippen molar-refractivity contribution in [1.29, 1.82) is 0 Å². The molecule has 0 amide bonds. The molecule has 0 heterocycles. The fourth-order valence-electron chi connectivity index (χ4n) is 0.891. The molecule has 0 nitrogen and oxygen atoms in total. The van der Waals surface area contributed by atoms with E-state index in [1.807, 2.05) is 0 Å². The van der Waals surface area contributed by atoms with Gasteiger partial charge in [-0.15, -0.1) is 0 Å². The van der Waals surface area contributed by atoms with Gasteiger partial charge < -0.3 is 7.43 Å². The first kappa shape index (κ1) is 13.9. The maximum absolute atomic E-state index is 2.20. The van der Waals surface area contributed by atoms with E-state index in [9.17, 15) is 0 Å². The van der Waals surface area contributed by atoms with Crippen LogP contribution in [0, 0.1) is 28.2 Å². The summed E-state index contributed by atoms with van der Waals surface area (Å²) in [5.41, 5.74) is 4.11. The molecular weight excluding hydrogens is 209 g/mol. The molecule has 0 aromatic heterocycles. The van der Waals surface area contributed by atoms with Crippen LogP contribution in [-0.2, 0) is 32.7 Å². The minimum absolute atomic E-state index is 0. The van der Waals surface area contributed by atoms with Gasteiger partial charge in [0.25, 0.3) is 0 Å². The summed E-state index contributed by atoms with van der Waals surface area (Å²) < 4.78 is 0. The second-order valence-electron chi connectivity index (χ2n) is 2.59. The van der Waals surface area contributed by atoms with Gasteiger partial charge in [0.2, 0.25) is 0 Å². The monoisotopic (exact) mass is 224 g/mol. The first-order chi connectivity index (χ1) is 4.20. The van der Waals surface area contributed by atoms with Crippen molar-refractivity contribution in [2.75, 3.05) is 0 Å². The maximum Gasteiger partial charge on any atom is 0 e. The Bertz CT molecular complexity index is 216. The molecule has 1 radical (unpaired) electrons. The van der Waals surface area contributed by atoms with Crippen LogP contribution in [0.3, 0.4) is 0 Å². The quantitative estimate of drug-likeness (QED) is 0.594. The van der Waals surface area contributed by atoms with E-state index in [0.29, 0.717) is 0 Å². The number of rotatable bonds is 0. The Balaban J connectivity index is 0. The van der Waals surface area contributed by atoms with Gasteiger partial charge in [-0.25, -0.2) is 0 Å². The van der Waals surface area contributed by atoms with Crippen LogP contribution in [0.5, 0.6) is 0 Å². The van der Waals surface area contributed by atoms with Gasteiger partial charge in [-0.05, 0) is 31.9 Å². The van der Waals surface area contributed by atoms with E-state index in [4.69, 9.17) is 0 Å². The molecule has 0 unspecified atom stereocenters. The fourth-order valence-corrected chi connectivity index (χ4v) is 0.891. The Kier molecular flexibility index (Phi) is 7.46. The van der Waals surface area contributed by atoms with Crippen LogP contribution in [0.15, 0.2) is 18.2 Å². The normalized spacial score (nSPS) is 7.91. The molecule has 0 aliphatic rings. The van der Waals surface area contributed by atoms with Crippen LogP contribution in [0.1, 0.15) is 16.7 Å². The maximum atomic E-state index is 2.20. The minimum atomic E-state index is 0. The van der Waals surface area contributed by atoms with Gasteiger partial charge in [-0.1, -0.05) is 23.8 Å². The Hall–Kier alpha value is 0.324. The summed E-state index contributed by atoms with van der Waals surface area (Å²) >= 11 is 0. The number of benzene rings is 1. The van der Waals surface area contributed by atoms with Crippen molar-refractivity contribution in [1.82, 2.24) is 0 Å². The molecule has 0 spiro atoms. The number of aryl methyl sites for hydroxylation is 3. The van der Waals surface area contributed by atoms with Gasteiger partial charge >= 0.3 is 0 Å². The molecule has 1 heteroatoms. The molecule has 0 saturated carbocycles. The Labute approximate surface area is 95.3 Å². The molecule has 0 saturated heterocycles. The smallest absolute Gasteiger partial charge is 0 e. The molecule has 1 aromatic rings. The van der Waals surface area contributed by atoms with Crippen molar-refractivity contribution >= 4 is 0 Å². The first-order valence-corrected chi connectivity index (χ1v) is 3.24. The second kappa shape index (κ2) is 5.91. The van der Waals surface area contributed by atoms with E-state index in [1.54, 1.807) is 0 Å². The van der Waals surface area contributed by atoms with Crippen molar-refractivity contribution in [3.05, 3.63) is 42.3 Å². The van der Waals surface area contributed by atoms with E-state index in [-0.39, 0.29) is 40.1 Å². The zero-order valence-electron chi connectivity index (χ0n) is 7.81. The van der Waals surface area contributed by atoms with Crippen molar-refractivity contribution in [3.8, 4) is 0 Å². The number of hydrogen-bond acceptors (Lipinski definition) is 0. The van der Waals surface area contributed by atoms with Crippen LogP contribution < -0.4 is 0 Å². The molecular formula is C10H15Y-. The van der Waals surface area contributed by atoms with Crippen molar-refractivity contribution in [2.24, 2.45) is 0 Å². The number of hydrogen-bond donors (Lipinski definition) is 0. The largest absolute Gasteiger partial charge is 0.358 e. The third kappa shape index (κ3) is 4.03. The van der Waals surface area contributed by atoms with Gasteiger partial charge in [0.15, 0.2) is 0 Å². The SMILES string of the molecule is Cc1ccc(C)c(C)c1.[CH3-].[Y]. The summed E-state index contributed by atoms with van der Waals surface area (Å²) in [5.74, 6) is 0. The predicted molar refractivity (Wildman–Crippen MR) is 47.1 cm³/mol. The van der Waals surface area contributed by atoms with Gasteiger partial charge in [-0.3, -0.25) is 0 Å². The molecule has 59 valence electrons. The Morgan fingerprint density at radius 2 is 1.45 bits per heavy atom. The van der Waals surface area contributed by atoms with Crippen LogP contribution in [-0.4, -0.2) is 0 Å². The second-order valence-corrected chi connectivity index (χ2v) is 2.59. The molecule has 0 N–H and O–H groups in total. The van der Waals surface area contributed by atoms with Crippen molar-refractivity contribution in [2.45, 2.75) is 20.8 Å². The minimum Gasteiger partial charge on any atom is -0.358 e. The van der Waals surface area contributed by atoms with Crippen molar-refractivity contribution in [3.63, 3.8) is 0 Å². The molecule has 0 aliphatic heterocycles. The average Bonchev–Trinajstić information content (AvgIpc) is 1.80. The van der Waals surface area contributed by atoms with E-state index in [2.05, 4.69) is 39.0 Å². The summed E-state index contributed by atoms with van der Waals surface area (Å²) in [6.07, 6.45) is 0. The summed E-state index contributed by atoms with van der Waals surface area (Å²) in [5, 5.41) is 0. The Morgan fingerprint density at radius 1 is 0.909 bits per heavy atom. The summed E-state index contributed by atoms with van der Waals surface area (Å²) in [7, 11) is 0. The molecule has 1 aromatic carbocycles. The zero-order chi connectivity index (χ0) is 6.85. The van der Waals surface area contributed by atoms with Gasteiger partial charge in [0.1, 0.15) is 0 Å². The van der Waals surface area contributed by atoms with Crippen LogP contribution in [0.25, 0.3) is 0 Å². The first-order valence-electron chi connectivity index (χ1n) is 3.24.